The van der Waals surface area contributed by atoms with Crippen molar-refractivity contribution in [2.75, 3.05) is 11.4 Å². The number of hydrogen-bond acceptors (Lipinski definition) is 3. The van der Waals surface area contributed by atoms with Gasteiger partial charge in [-0.3, -0.25) is 14.5 Å². The lowest BCUT2D eigenvalue weighted by Gasteiger charge is -2.29. The molecule has 2 aromatic heterocycles. The largest absolute Gasteiger partial charge is 0.350 e. The van der Waals surface area contributed by atoms with Gasteiger partial charge in [0, 0.05) is 42.2 Å². The number of benzene rings is 2. The maximum absolute atomic E-state index is 13.1. The molecule has 1 N–H and O–H groups in total. The van der Waals surface area contributed by atoms with E-state index in [2.05, 4.69) is 40.3 Å². The van der Waals surface area contributed by atoms with Crippen LogP contribution in [0.15, 0.2) is 60.8 Å². The summed E-state index contributed by atoms with van der Waals surface area (Å²) in [6, 6.07) is 18.4. The Balaban J connectivity index is 1.27. The fraction of sp³-hybridized carbons (Fsp3) is 0.296. The molecule has 6 rings (SSSR count). The van der Waals surface area contributed by atoms with Gasteiger partial charge in [0.2, 0.25) is 11.8 Å². The average Bonchev–Trinajstić information content (AvgIpc) is 3.43. The zero-order valence-electron chi connectivity index (χ0n) is 19.2. The summed E-state index contributed by atoms with van der Waals surface area (Å²) in [4.78, 5) is 27.5. The highest BCUT2D eigenvalue weighted by molar-refractivity contribution is 6.00. The summed E-state index contributed by atoms with van der Waals surface area (Å²) in [6.45, 7) is 0.519. The predicted octanol–water partition coefficient (Wildman–Crippen LogP) is 3.97. The number of rotatable bonds is 4. The number of para-hydroxylation sites is 1. The smallest absolute Gasteiger partial charge is 0.240 e. The van der Waals surface area contributed by atoms with Crippen molar-refractivity contribution < 1.29 is 9.59 Å². The van der Waals surface area contributed by atoms with Crippen LogP contribution in [0.1, 0.15) is 36.4 Å². The monoisotopic (exact) mass is 453 g/mol. The van der Waals surface area contributed by atoms with Gasteiger partial charge in [-0.2, -0.15) is 5.10 Å². The van der Waals surface area contributed by atoms with Gasteiger partial charge >= 0.3 is 0 Å². The third kappa shape index (κ3) is 3.48. The highest BCUT2D eigenvalue weighted by Gasteiger charge is 2.30. The number of anilines is 1. The molecule has 2 aromatic carbocycles. The summed E-state index contributed by atoms with van der Waals surface area (Å²) in [5.74, 6) is 0.492. The van der Waals surface area contributed by atoms with Gasteiger partial charge in [-0.25, -0.2) is 4.68 Å². The van der Waals surface area contributed by atoms with Crippen LogP contribution >= 0.6 is 0 Å². The maximum atomic E-state index is 13.1. The van der Waals surface area contributed by atoms with Crippen LogP contribution in [-0.2, 0) is 29.6 Å². The molecule has 0 bridgehead atoms. The second kappa shape index (κ2) is 8.17. The lowest BCUT2D eigenvalue weighted by molar-refractivity contribution is -0.124. The molecule has 0 spiro atoms. The SMILES string of the molecule is Cn1cc(-c2cc3n(n2)CCC(=O)N3CC(=O)N[C@H]2CCCc3ccccc32)c2ccccc21. The molecular formula is C27H27N5O2. The fourth-order valence-corrected chi connectivity index (χ4v) is 5.39. The maximum Gasteiger partial charge on any atom is 0.240 e. The normalized spacial score (nSPS) is 17.5. The molecule has 0 unspecified atom stereocenters. The van der Waals surface area contributed by atoms with E-state index in [9.17, 15) is 9.59 Å². The Labute approximate surface area is 198 Å². The summed E-state index contributed by atoms with van der Waals surface area (Å²) in [5.41, 5.74) is 5.45. The zero-order valence-corrected chi connectivity index (χ0v) is 19.2. The second-order valence-corrected chi connectivity index (χ2v) is 9.22. The van der Waals surface area contributed by atoms with Crippen molar-refractivity contribution in [3.05, 3.63) is 71.9 Å². The Bertz CT molecular complexity index is 1420. The highest BCUT2D eigenvalue weighted by Crippen LogP contribution is 2.34. The molecule has 172 valence electrons. The number of aromatic nitrogens is 3. The van der Waals surface area contributed by atoms with E-state index in [1.807, 2.05) is 42.1 Å². The molecule has 4 aromatic rings. The average molecular weight is 454 g/mol. The van der Waals surface area contributed by atoms with Crippen molar-refractivity contribution in [3.8, 4) is 11.3 Å². The minimum atomic E-state index is -0.142. The van der Waals surface area contributed by atoms with Crippen molar-refractivity contribution in [1.29, 1.82) is 0 Å². The van der Waals surface area contributed by atoms with E-state index >= 15 is 0 Å². The van der Waals surface area contributed by atoms with Crippen LogP contribution in [-0.4, -0.2) is 32.7 Å². The lowest BCUT2D eigenvalue weighted by atomic mass is 9.88. The first-order chi connectivity index (χ1) is 16.6. The van der Waals surface area contributed by atoms with Gasteiger partial charge < -0.3 is 9.88 Å². The summed E-state index contributed by atoms with van der Waals surface area (Å²) >= 11 is 0. The number of aryl methyl sites for hydroxylation is 3. The van der Waals surface area contributed by atoms with Crippen molar-refractivity contribution in [2.45, 2.75) is 38.3 Å². The molecule has 3 heterocycles. The number of fused-ring (bicyclic) bond motifs is 3. The second-order valence-electron chi connectivity index (χ2n) is 9.22. The lowest BCUT2D eigenvalue weighted by Crippen LogP contribution is -2.45. The van der Waals surface area contributed by atoms with Gasteiger partial charge in [-0.15, -0.1) is 0 Å². The van der Waals surface area contributed by atoms with Crippen LogP contribution < -0.4 is 10.2 Å². The Morgan fingerprint density at radius 2 is 1.94 bits per heavy atom. The number of nitrogens with one attached hydrogen (secondary N) is 1. The van der Waals surface area contributed by atoms with Gasteiger partial charge in [-0.05, 0) is 36.5 Å². The quantitative estimate of drug-likeness (QED) is 0.508. The standard InChI is InChI=1S/C27H27N5O2/c1-30-16-21(20-10-4-5-12-24(20)30)23-15-26-31(27(34)13-14-32(26)29-23)17-25(33)28-22-11-6-8-18-7-2-3-9-19(18)22/h2-5,7,9-10,12,15-16,22H,6,8,11,13-14,17H2,1H3,(H,28,33)/t22-/m0/s1. The van der Waals surface area contributed by atoms with Gasteiger partial charge in [0.25, 0.3) is 0 Å². The van der Waals surface area contributed by atoms with Crippen LogP contribution in [0, 0.1) is 0 Å². The number of amides is 2. The molecular weight excluding hydrogens is 426 g/mol. The van der Waals surface area contributed by atoms with Crippen LogP contribution in [0.25, 0.3) is 22.2 Å². The third-order valence-electron chi connectivity index (χ3n) is 7.05. The Kier molecular flexibility index (Phi) is 4.98. The minimum absolute atomic E-state index is 0.00181. The van der Waals surface area contributed by atoms with Crippen molar-refractivity contribution in [1.82, 2.24) is 19.7 Å². The summed E-state index contributed by atoms with van der Waals surface area (Å²) < 4.78 is 3.93. The summed E-state index contributed by atoms with van der Waals surface area (Å²) in [5, 5.41) is 9.09. The van der Waals surface area contributed by atoms with E-state index in [0.717, 1.165) is 41.4 Å². The van der Waals surface area contributed by atoms with Crippen LogP contribution in [0.2, 0.25) is 0 Å². The van der Waals surface area contributed by atoms with E-state index in [0.29, 0.717) is 18.8 Å². The van der Waals surface area contributed by atoms with Crippen molar-refractivity contribution in [3.63, 3.8) is 0 Å². The highest BCUT2D eigenvalue weighted by atomic mass is 16.2. The van der Waals surface area contributed by atoms with Crippen LogP contribution in [0.4, 0.5) is 5.82 Å². The van der Waals surface area contributed by atoms with Crippen LogP contribution in [0.3, 0.4) is 0 Å². The van der Waals surface area contributed by atoms with E-state index < -0.39 is 0 Å². The van der Waals surface area contributed by atoms with Gasteiger partial charge in [0.1, 0.15) is 12.4 Å². The van der Waals surface area contributed by atoms with Gasteiger partial charge in [-0.1, -0.05) is 42.5 Å². The molecule has 2 aliphatic rings. The Morgan fingerprint density at radius 1 is 1.12 bits per heavy atom. The Hall–Kier alpha value is -3.87. The predicted molar refractivity (Wildman–Crippen MR) is 131 cm³/mol. The molecule has 1 aliphatic carbocycles. The van der Waals surface area contributed by atoms with E-state index in [1.165, 1.54) is 11.1 Å². The molecule has 2 amide bonds. The third-order valence-corrected chi connectivity index (χ3v) is 7.05. The first-order valence-electron chi connectivity index (χ1n) is 11.9. The molecule has 0 saturated heterocycles. The summed E-state index contributed by atoms with van der Waals surface area (Å²) in [7, 11) is 2.02. The van der Waals surface area contributed by atoms with Crippen molar-refractivity contribution in [2.24, 2.45) is 7.05 Å². The fourth-order valence-electron chi connectivity index (χ4n) is 5.39. The van der Waals surface area contributed by atoms with E-state index in [1.54, 1.807) is 4.90 Å². The molecule has 1 atom stereocenters. The molecule has 1 aliphatic heterocycles. The van der Waals surface area contributed by atoms with Crippen LogP contribution in [0.5, 0.6) is 0 Å². The summed E-state index contributed by atoms with van der Waals surface area (Å²) in [6.07, 6.45) is 5.41. The molecule has 34 heavy (non-hydrogen) atoms. The number of carbonyl (C=O) groups is 2. The van der Waals surface area contributed by atoms with E-state index in [-0.39, 0.29) is 24.4 Å². The van der Waals surface area contributed by atoms with Gasteiger partial charge in [0.15, 0.2) is 0 Å². The number of nitrogens with zero attached hydrogens (tertiary/aromatic N) is 4. The molecule has 7 nitrogen and oxygen atoms in total. The number of carbonyl (C=O) groups excluding carboxylic acids is 2. The molecule has 0 saturated carbocycles. The first kappa shape index (κ1) is 20.7. The zero-order chi connectivity index (χ0) is 23.2. The Morgan fingerprint density at radius 3 is 2.85 bits per heavy atom. The molecule has 0 fully saturated rings. The first-order valence-corrected chi connectivity index (χ1v) is 11.9. The van der Waals surface area contributed by atoms with E-state index in [4.69, 9.17) is 5.10 Å². The minimum Gasteiger partial charge on any atom is -0.350 e. The van der Waals surface area contributed by atoms with Crippen molar-refractivity contribution >= 4 is 28.5 Å². The molecule has 7 heteroatoms. The topological polar surface area (TPSA) is 72.2 Å². The van der Waals surface area contributed by atoms with Gasteiger partial charge in [0.05, 0.1) is 18.3 Å². The molecule has 0 radical (unpaired) electrons. The number of hydrogen-bond donors (Lipinski definition) is 1.